The highest BCUT2D eigenvalue weighted by molar-refractivity contribution is 7.89. The zero-order chi connectivity index (χ0) is 22.8. The van der Waals surface area contributed by atoms with Crippen molar-refractivity contribution in [3.63, 3.8) is 0 Å². The van der Waals surface area contributed by atoms with Crippen LogP contribution in [0.2, 0.25) is 0 Å². The third-order valence-electron chi connectivity index (χ3n) is 4.65. The maximum Gasteiger partial charge on any atom is 0.240 e. The summed E-state index contributed by atoms with van der Waals surface area (Å²) in [7, 11) is -3.81. The van der Waals surface area contributed by atoms with Crippen LogP contribution in [0.15, 0.2) is 47.8 Å². The average molecular weight is 446 g/mol. The van der Waals surface area contributed by atoms with E-state index in [-0.39, 0.29) is 34.9 Å². The minimum Gasteiger partial charge on any atom is -0.390 e. The number of aryl methyl sites for hydroxylation is 1. The summed E-state index contributed by atoms with van der Waals surface area (Å²) < 4.78 is 42.1. The summed E-state index contributed by atoms with van der Waals surface area (Å²) in [6, 6.07) is 6.07. The maximum absolute atomic E-state index is 14.2. The van der Waals surface area contributed by atoms with Crippen LogP contribution in [0.5, 0.6) is 0 Å². The molecule has 3 aromatic rings. The van der Waals surface area contributed by atoms with Gasteiger partial charge in [0.2, 0.25) is 10.0 Å². The van der Waals surface area contributed by atoms with E-state index in [0.29, 0.717) is 11.3 Å². The molecule has 2 heterocycles. The molecule has 0 bridgehead atoms. The Kier molecular flexibility index (Phi) is 6.35. The Hall–Kier alpha value is -2.95. The zero-order valence-corrected chi connectivity index (χ0v) is 18.2. The van der Waals surface area contributed by atoms with Crippen molar-refractivity contribution in [3.05, 3.63) is 54.2 Å². The number of aliphatic hydroxyl groups is 1. The van der Waals surface area contributed by atoms with Crippen LogP contribution in [-0.2, 0) is 10.0 Å². The fraction of sp³-hybridized carbons (Fsp3) is 0.286. The smallest absolute Gasteiger partial charge is 0.240 e. The summed E-state index contributed by atoms with van der Waals surface area (Å²) in [6.45, 7) is 5.10. The first-order valence-corrected chi connectivity index (χ1v) is 11.0. The Labute approximate surface area is 180 Å². The number of sulfonamides is 1. The summed E-state index contributed by atoms with van der Waals surface area (Å²) in [5.41, 5.74) is 6.85. The molecule has 0 aliphatic heterocycles. The van der Waals surface area contributed by atoms with Gasteiger partial charge in [-0.05, 0) is 51.0 Å². The van der Waals surface area contributed by atoms with Gasteiger partial charge in [0.25, 0.3) is 0 Å². The Balaban J connectivity index is 1.99. The lowest BCUT2D eigenvalue weighted by Crippen LogP contribution is -2.30. The molecule has 0 saturated heterocycles. The van der Waals surface area contributed by atoms with Crippen LogP contribution in [0.4, 0.5) is 10.2 Å². The average Bonchev–Trinajstić information content (AvgIpc) is 2.68. The summed E-state index contributed by atoms with van der Waals surface area (Å²) in [4.78, 5) is 12.3. The monoisotopic (exact) mass is 445 g/mol. The van der Waals surface area contributed by atoms with Gasteiger partial charge in [0, 0.05) is 23.9 Å². The second-order valence-electron chi connectivity index (χ2n) is 7.78. The largest absolute Gasteiger partial charge is 0.390 e. The minimum atomic E-state index is -3.81. The normalized spacial score (nSPS) is 12.2. The first-order chi connectivity index (χ1) is 14.5. The molecule has 0 unspecified atom stereocenters. The van der Waals surface area contributed by atoms with Gasteiger partial charge in [-0.1, -0.05) is 6.07 Å². The van der Waals surface area contributed by atoms with Crippen molar-refractivity contribution in [1.29, 1.82) is 0 Å². The predicted molar refractivity (Wildman–Crippen MR) is 116 cm³/mol. The highest BCUT2D eigenvalue weighted by Crippen LogP contribution is 2.30. The molecular weight excluding hydrogens is 421 g/mol. The lowest BCUT2D eigenvalue weighted by molar-refractivity contribution is 0.0728. The first kappa shape index (κ1) is 22.7. The topological polar surface area (TPSA) is 131 Å². The van der Waals surface area contributed by atoms with Crippen molar-refractivity contribution in [2.75, 3.05) is 12.3 Å². The van der Waals surface area contributed by atoms with Crippen LogP contribution < -0.4 is 10.5 Å². The molecule has 164 valence electrons. The molecule has 10 heteroatoms. The van der Waals surface area contributed by atoms with E-state index in [1.807, 2.05) is 0 Å². The van der Waals surface area contributed by atoms with Crippen LogP contribution in [0.25, 0.3) is 22.5 Å². The van der Waals surface area contributed by atoms with Gasteiger partial charge >= 0.3 is 0 Å². The van der Waals surface area contributed by atoms with Gasteiger partial charge in [-0.25, -0.2) is 27.5 Å². The van der Waals surface area contributed by atoms with Crippen LogP contribution >= 0.6 is 0 Å². The first-order valence-electron chi connectivity index (χ1n) is 9.53. The lowest BCUT2D eigenvalue weighted by atomic mass is 10.1. The molecular formula is C21H24FN5O3S. The van der Waals surface area contributed by atoms with Gasteiger partial charge < -0.3 is 10.8 Å². The molecule has 31 heavy (non-hydrogen) atoms. The number of nitrogens with one attached hydrogen (secondary N) is 1. The number of nitrogen functional groups attached to an aromatic ring is 1. The number of aromatic nitrogens is 3. The summed E-state index contributed by atoms with van der Waals surface area (Å²) >= 11 is 0. The van der Waals surface area contributed by atoms with Crippen molar-refractivity contribution >= 4 is 15.8 Å². The molecule has 0 fully saturated rings. The number of anilines is 1. The van der Waals surface area contributed by atoms with E-state index < -0.39 is 21.4 Å². The molecule has 8 nitrogen and oxygen atoms in total. The summed E-state index contributed by atoms with van der Waals surface area (Å²) in [5, 5.41) is 9.79. The number of hydrogen-bond acceptors (Lipinski definition) is 7. The number of halogens is 1. The Morgan fingerprint density at radius 3 is 2.61 bits per heavy atom. The van der Waals surface area contributed by atoms with E-state index in [4.69, 9.17) is 5.73 Å². The van der Waals surface area contributed by atoms with E-state index in [1.54, 1.807) is 26.8 Å². The van der Waals surface area contributed by atoms with Crippen molar-refractivity contribution < 1.29 is 17.9 Å². The highest BCUT2D eigenvalue weighted by atomic mass is 32.2. The number of pyridine rings is 1. The standard InChI is InChI=1S/C21H24FN5O3S/c1-13-4-5-14(31(29,30)26-9-7-21(2,3)28)10-16(13)18-12-25-20(23)19(27-18)15-6-8-24-11-17(15)22/h4-6,8,10-12,26,28H,7,9H2,1-3H3,(H2,23,25). The third kappa shape index (κ3) is 5.40. The lowest BCUT2D eigenvalue weighted by Gasteiger charge is -2.17. The summed E-state index contributed by atoms with van der Waals surface area (Å²) in [5.74, 6) is -0.548. The molecule has 0 aliphatic rings. The second kappa shape index (κ2) is 8.66. The van der Waals surface area contributed by atoms with Crippen LogP contribution in [-0.4, -0.2) is 40.6 Å². The second-order valence-corrected chi connectivity index (χ2v) is 9.55. The molecule has 0 aliphatic carbocycles. The predicted octanol–water partition coefficient (Wildman–Crippen LogP) is 2.67. The van der Waals surface area contributed by atoms with E-state index in [9.17, 15) is 17.9 Å². The van der Waals surface area contributed by atoms with Crippen LogP contribution in [0.3, 0.4) is 0 Å². The highest BCUT2D eigenvalue weighted by Gasteiger charge is 2.20. The Bertz CT molecular complexity index is 1210. The van der Waals surface area contributed by atoms with Crippen LogP contribution in [0.1, 0.15) is 25.8 Å². The van der Waals surface area contributed by atoms with Gasteiger partial charge in [0.05, 0.1) is 28.6 Å². The SMILES string of the molecule is Cc1ccc(S(=O)(=O)NCCC(C)(C)O)cc1-c1cnc(N)c(-c2ccncc2F)n1. The number of rotatable bonds is 7. The van der Waals surface area contributed by atoms with Gasteiger partial charge in [0.15, 0.2) is 5.82 Å². The number of benzene rings is 1. The quantitative estimate of drug-likeness (QED) is 0.509. The van der Waals surface area contributed by atoms with Crippen molar-refractivity contribution in [2.45, 2.75) is 37.7 Å². The minimum absolute atomic E-state index is 0.0408. The number of nitrogens with two attached hydrogens (primary N) is 1. The number of nitrogens with zero attached hydrogens (tertiary/aromatic N) is 3. The van der Waals surface area contributed by atoms with E-state index >= 15 is 0 Å². The molecule has 0 spiro atoms. The van der Waals surface area contributed by atoms with Crippen molar-refractivity contribution in [3.8, 4) is 22.5 Å². The molecule has 0 amide bonds. The molecule has 4 N–H and O–H groups in total. The molecule has 0 radical (unpaired) electrons. The molecule has 2 aromatic heterocycles. The van der Waals surface area contributed by atoms with Gasteiger partial charge in [-0.3, -0.25) is 4.98 Å². The number of hydrogen-bond donors (Lipinski definition) is 3. The Morgan fingerprint density at radius 2 is 1.94 bits per heavy atom. The molecule has 3 rings (SSSR count). The van der Waals surface area contributed by atoms with Crippen molar-refractivity contribution in [2.24, 2.45) is 0 Å². The van der Waals surface area contributed by atoms with E-state index in [1.165, 1.54) is 30.6 Å². The van der Waals surface area contributed by atoms with Crippen LogP contribution in [0, 0.1) is 12.7 Å². The fourth-order valence-corrected chi connectivity index (χ4v) is 3.97. The van der Waals surface area contributed by atoms with Gasteiger partial charge in [-0.2, -0.15) is 0 Å². The van der Waals surface area contributed by atoms with E-state index in [2.05, 4.69) is 19.7 Å². The van der Waals surface area contributed by atoms with E-state index in [0.717, 1.165) is 11.8 Å². The Morgan fingerprint density at radius 1 is 1.19 bits per heavy atom. The molecule has 0 atom stereocenters. The summed E-state index contributed by atoms with van der Waals surface area (Å²) in [6.07, 6.45) is 4.15. The third-order valence-corrected chi connectivity index (χ3v) is 6.11. The van der Waals surface area contributed by atoms with Crippen molar-refractivity contribution in [1.82, 2.24) is 19.7 Å². The molecule has 0 saturated carbocycles. The molecule has 1 aromatic carbocycles. The van der Waals surface area contributed by atoms with Gasteiger partial charge in [-0.15, -0.1) is 0 Å². The van der Waals surface area contributed by atoms with Gasteiger partial charge in [0.1, 0.15) is 11.5 Å². The zero-order valence-electron chi connectivity index (χ0n) is 17.4. The maximum atomic E-state index is 14.2. The fourth-order valence-electron chi connectivity index (χ4n) is 2.91.